The number of methoxy groups -OCH3 is 1. The molecule has 1 rings (SSSR count). The summed E-state index contributed by atoms with van der Waals surface area (Å²) in [6, 6.07) is 3.88. The Morgan fingerprint density at radius 2 is 1.73 bits per heavy atom. The average Bonchev–Trinajstić information content (AvgIpc) is 2.58. The standard InChI is InChI=1S/C17H23N3O6/c1-10(2)15(18-11(3)21)16(22)19-14(17(23)26-4)9-12-5-7-13(8-6-12)20(24)25/h5-8,10,14-15H,9H2,1-4H3,(H,18,21)(H,19,22)/t14-,15-/m1/s1. The zero-order chi connectivity index (χ0) is 19.9. The van der Waals surface area contributed by atoms with Gasteiger partial charge < -0.3 is 15.4 Å². The van der Waals surface area contributed by atoms with Crippen LogP contribution in [0.5, 0.6) is 0 Å². The monoisotopic (exact) mass is 365 g/mol. The maximum atomic E-state index is 12.5. The molecule has 0 aromatic heterocycles. The van der Waals surface area contributed by atoms with Gasteiger partial charge in [-0.1, -0.05) is 26.0 Å². The molecule has 0 spiro atoms. The van der Waals surface area contributed by atoms with E-state index in [-0.39, 0.29) is 23.9 Å². The number of nitrogens with one attached hydrogen (secondary N) is 2. The van der Waals surface area contributed by atoms with Crippen molar-refractivity contribution in [2.45, 2.75) is 39.3 Å². The number of nitrogens with zero attached hydrogens (tertiary/aromatic N) is 1. The smallest absolute Gasteiger partial charge is 0.328 e. The molecule has 0 saturated carbocycles. The lowest BCUT2D eigenvalue weighted by Crippen LogP contribution is -2.54. The predicted octanol–water partition coefficient (Wildman–Crippen LogP) is 0.956. The maximum absolute atomic E-state index is 12.5. The van der Waals surface area contributed by atoms with Crippen LogP contribution in [0.1, 0.15) is 26.3 Å². The first-order valence-corrected chi connectivity index (χ1v) is 8.04. The van der Waals surface area contributed by atoms with Crippen molar-refractivity contribution in [3.63, 3.8) is 0 Å². The van der Waals surface area contributed by atoms with Gasteiger partial charge in [0.25, 0.3) is 5.69 Å². The summed E-state index contributed by atoms with van der Waals surface area (Å²) >= 11 is 0. The number of benzene rings is 1. The highest BCUT2D eigenvalue weighted by Gasteiger charge is 2.28. The van der Waals surface area contributed by atoms with Crippen LogP contribution in [0.3, 0.4) is 0 Å². The van der Waals surface area contributed by atoms with E-state index in [1.807, 2.05) is 0 Å². The summed E-state index contributed by atoms with van der Waals surface area (Å²) in [5.74, 6) is -1.70. The highest BCUT2D eigenvalue weighted by Crippen LogP contribution is 2.14. The summed E-state index contributed by atoms with van der Waals surface area (Å²) in [7, 11) is 1.20. The van der Waals surface area contributed by atoms with Gasteiger partial charge in [0.05, 0.1) is 12.0 Å². The second-order valence-corrected chi connectivity index (χ2v) is 6.13. The van der Waals surface area contributed by atoms with Gasteiger partial charge >= 0.3 is 5.97 Å². The molecule has 0 bridgehead atoms. The summed E-state index contributed by atoms with van der Waals surface area (Å²) in [4.78, 5) is 45.9. The maximum Gasteiger partial charge on any atom is 0.328 e. The summed E-state index contributed by atoms with van der Waals surface area (Å²) in [5.41, 5.74) is 0.546. The molecule has 2 amide bonds. The van der Waals surface area contributed by atoms with E-state index in [0.29, 0.717) is 5.56 Å². The van der Waals surface area contributed by atoms with Gasteiger partial charge in [-0.05, 0) is 11.5 Å². The van der Waals surface area contributed by atoms with Crippen LogP contribution < -0.4 is 10.6 Å². The van der Waals surface area contributed by atoms with Gasteiger partial charge in [-0.3, -0.25) is 19.7 Å². The molecule has 0 radical (unpaired) electrons. The number of carbonyl (C=O) groups is 3. The molecular formula is C17H23N3O6. The highest BCUT2D eigenvalue weighted by molar-refractivity contribution is 5.90. The Hall–Kier alpha value is -2.97. The zero-order valence-corrected chi connectivity index (χ0v) is 15.1. The number of carbonyl (C=O) groups excluding carboxylic acids is 3. The zero-order valence-electron chi connectivity index (χ0n) is 15.1. The number of non-ortho nitro benzene ring substituents is 1. The topological polar surface area (TPSA) is 128 Å². The Morgan fingerprint density at radius 1 is 1.15 bits per heavy atom. The van der Waals surface area contributed by atoms with Gasteiger partial charge in [-0.15, -0.1) is 0 Å². The molecule has 0 unspecified atom stereocenters. The third-order valence-electron chi connectivity index (χ3n) is 3.70. The molecule has 1 aromatic carbocycles. The number of hydrogen-bond donors (Lipinski definition) is 2. The number of nitro groups is 1. The Bertz CT molecular complexity index is 672. The van der Waals surface area contributed by atoms with Gasteiger partial charge in [-0.25, -0.2) is 4.79 Å². The van der Waals surface area contributed by atoms with Crippen LogP contribution in [0.2, 0.25) is 0 Å². The minimum atomic E-state index is -0.982. The third-order valence-corrected chi connectivity index (χ3v) is 3.70. The number of nitro benzene ring substituents is 1. The minimum absolute atomic E-state index is 0.0714. The van der Waals surface area contributed by atoms with Crippen LogP contribution >= 0.6 is 0 Å². The lowest BCUT2D eigenvalue weighted by Gasteiger charge is -2.24. The fourth-order valence-corrected chi connectivity index (χ4v) is 2.34. The van der Waals surface area contributed by atoms with Crippen molar-refractivity contribution >= 4 is 23.5 Å². The van der Waals surface area contributed by atoms with Gasteiger partial charge in [0.2, 0.25) is 11.8 Å². The van der Waals surface area contributed by atoms with Crippen molar-refractivity contribution in [3.8, 4) is 0 Å². The number of ether oxygens (including phenoxy) is 1. The summed E-state index contributed by atoms with van der Waals surface area (Å²) in [6.45, 7) is 4.84. The van der Waals surface area contributed by atoms with E-state index in [1.54, 1.807) is 13.8 Å². The molecule has 0 fully saturated rings. The van der Waals surface area contributed by atoms with E-state index in [1.165, 1.54) is 38.3 Å². The van der Waals surface area contributed by atoms with E-state index >= 15 is 0 Å². The Morgan fingerprint density at radius 3 is 2.15 bits per heavy atom. The SMILES string of the molecule is COC(=O)[C@@H](Cc1ccc([N+](=O)[O-])cc1)NC(=O)[C@H](NC(C)=O)C(C)C. The van der Waals surface area contributed by atoms with E-state index in [9.17, 15) is 24.5 Å². The van der Waals surface area contributed by atoms with Gasteiger partial charge in [-0.2, -0.15) is 0 Å². The highest BCUT2D eigenvalue weighted by atomic mass is 16.6. The molecule has 0 heterocycles. The first kappa shape index (κ1) is 21.1. The second-order valence-electron chi connectivity index (χ2n) is 6.13. The summed E-state index contributed by atoms with van der Waals surface area (Å²) < 4.78 is 4.72. The largest absolute Gasteiger partial charge is 0.467 e. The fourth-order valence-electron chi connectivity index (χ4n) is 2.34. The summed E-state index contributed by atoms with van der Waals surface area (Å²) in [5, 5.41) is 15.8. The van der Waals surface area contributed by atoms with Gasteiger partial charge in [0, 0.05) is 25.5 Å². The quantitative estimate of drug-likeness (QED) is 0.401. The summed E-state index contributed by atoms with van der Waals surface area (Å²) in [6.07, 6.45) is 0.0985. The molecular weight excluding hydrogens is 342 g/mol. The number of esters is 1. The molecule has 9 nitrogen and oxygen atoms in total. The first-order valence-electron chi connectivity index (χ1n) is 8.04. The van der Waals surface area contributed by atoms with Crippen LogP contribution in [-0.2, 0) is 25.5 Å². The Kier molecular flexibility index (Phi) is 7.70. The van der Waals surface area contributed by atoms with Crippen LogP contribution in [0.4, 0.5) is 5.69 Å². The van der Waals surface area contributed by atoms with Crippen molar-refractivity contribution in [1.82, 2.24) is 10.6 Å². The average molecular weight is 365 g/mol. The van der Waals surface area contributed by atoms with Gasteiger partial charge in [0.15, 0.2) is 0 Å². The predicted molar refractivity (Wildman–Crippen MR) is 93.2 cm³/mol. The molecule has 0 aliphatic rings. The van der Waals surface area contributed by atoms with Crippen molar-refractivity contribution < 1.29 is 24.0 Å². The molecule has 1 aromatic rings. The molecule has 0 aliphatic heterocycles. The van der Waals surface area contributed by atoms with E-state index < -0.39 is 28.9 Å². The van der Waals surface area contributed by atoms with E-state index in [2.05, 4.69) is 10.6 Å². The van der Waals surface area contributed by atoms with E-state index in [4.69, 9.17) is 4.74 Å². The molecule has 142 valence electrons. The van der Waals surface area contributed by atoms with E-state index in [0.717, 1.165) is 0 Å². The van der Waals surface area contributed by atoms with Crippen molar-refractivity contribution in [1.29, 1.82) is 0 Å². The number of amides is 2. The van der Waals surface area contributed by atoms with Crippen LogP contribution in [0, 0.1) is 16.0 Å². The van der Waals surface area contributed by atoms with Crippen LogP contribution in [0.25, 0.3) is 0 Å². The third kappa shape index (κ3) is 6.15. The van der Waals surface area contributed by atoms with Crippen molar-refractivity contribution in [2.24, 2.45) is 5.92 Å². The Labute approximate surface area is 151 Å². The first-order chi connectivity index (χ1) is 12.1. The molecule has 0 saturated heterocycles. The lowest BCUT2D eigenvalue weighted by molar-refractivity contribution is -0.384. The lowest BCUT2D eigenvalue weighted by atomic mass is 10.0. The number of rotatable bonds is 8. The molecule has 0 aliphatic carbocycles. The Balaban J connectivity index is 2.92. The fraction of sp³-hybridized carbons (Fsp3) is 0.471. The normalized spacial score (nSPS) is 12.8. The molecule has 2 N–H and O–H groups in total. The van der Waals surface area contributed by atoms with Crippen LogP contribution in [-0.4, -0.2) is 41.9 Å². The van der Waals surface area contributed by atoms with Crippen molar-refractivity contribution in [2.75, 3.05) is 7.11 Å². The van der Waals surface area contributed by atoms with Crippen molar-refractivity contribution in [3.05, 3.63) is 39.9 Å². The molecule has 9 heteroatoms. The number of hydrogen-bond acceptors (Lipinski definition) is 6. The van der Waals surface area contributed by atoms with Crippen LogP contribution in [0.15, 0.2) is 24.3 Å². The minimum Gasteiger partial charge on any atom is -0.467 e. The molecule has 26 heavy (non-hydrogen) atoms. The second kappa shape index (κ2) is 9.50. The molecule has 2 atom stereocenters. The van der Waals surface area contributed by atoms with Gasteiger partial charge in [0.1, 0.15) is 12.1 Å².